The van der Waals surface area contributed by atoms with Crippen LogP contribution in [0.4, 0.5) is 4.79 Å². The summed E-state index contributed by atoms with van der Waals surface area (Å²) in [7, 11) is 0. The van der Waals surface area contributed by atoms with Gasteiger partial charge in [-0.15, -0.1) is 0 Å². The fraction of sp³-hybridized carbons (Fsp3) is 0.909. The van der Waals surface area contributed by atoms with Gasteiger partial charge in [0, 0.05) is 19.1 Å². The average molecular weight is 230 g/mol. The van der Waals surface area contributed by atoms with Crippen molar-refractivity contribution in [1.82, 2.24) is 10.6 Å². The van der Waals surface area contributed by atoms with E-state index in [1.165, 1.54) is 12.8 Å². The van der Waals surface area contributed by atoms with Gasteiger partial charge in [-0.25, -0.2) is 4.79 Å². The van der Waals surface area contributed by atoms with Gasteiger partial charge in [-0.1, -0.05) is 0 Å². The molecule has 0 aliphatic heterocycles. The molecule has 1 aliphatic rings. The van der Waals surface area contributed by atoms with E-state index in [0.717, 1.165) is 0 Å². The van der Waals surface area contributed by atoms with E-state index >= 15 is 0 Å². The molecule has 1 amide bonds. The van der Waals surface area contributed by atoms with Crippen LogP contribution in [0.3, 0.4) is 0 Å². The maximum atomic E-state index is 11.2. The number of nitrogens with one attached hydrogen (secondary N) is 2. The summed E-state index contributed by atoms with van der Waals surface area (Å²) in [4.78, 5) is 11.2. The fourth-order valence-electron chi connectivity index (χ4n) is 1.18. The van der Waals surface area contributed by atoms with E-state index in [2.05, 4.69) is 10.6 Å². The number of hydrogen-bond donors (Lipinski definition) is 3. The average Bonchev–Trinajstić information content (AvgIpc) is 2.92. The molecule has 0 spiro atoms. The summed E-state index contributed by atoms with van der Waals surface area (Å²) >= 11 is 0. The van der Waals surface area contributed by atoms with Crippen LogP contribution in [0.15, 0.2) is 0 Å². The molecule has 0 saturated heterocycles. The van der Waals surface area contributed by atoms with Gasteiger partial charge in [-0.05, 0) is 33.6 Å². The summed E-state index contributed by atoms with van der Waals surface area (Å²) in [6.07, 6.45) is 1.32. The highest BCUT2D eigenvalue weighted by Crippen LogP contribution is 2.18. The van der Waals surface area contributed by atoms with Gasteiger partial charge >= 0.3 is 6.09 Å². The summed E-state index contributed by atoms with van der Waals surface area (Å²) in [6.45, 7) is 6.14. The molecule has 16 heavy (non-hydrogen) atoms. The maximum absolute atomic E-state index is 11.2. The van der Waals surface area contributed by atoms with E-state index in [1.54, 1.807) is 20.8 Å². The van der Waals surface area contributed by atoms with Crippen LogP contribution in [-0.4, -0.2) is 42.0 Å². The van der Waals surface area contributed by atoms with Crippen LogP contribution in [0.5, 0.6) is 0 Å². The molecule has 1 unspecified atom stereocenters. The summed E-state index contributed by atoms with van der Waals surface area (Å²) in [5.41, 5.74) is -0.499. The fourth-order valence-corrected chi connectivity index (χ4v) is 1.18. The first-order valence-electron chi connectivity index (χ1n) is 5.75. The molecule has 0 aromatic rings. The van der Waals surface area contributed by atoms with Crippen LogP contribution in [-0.2, 0) is 4.74 Å². The molecule has 1 atom stereocenters. The SMILES string of the molecule is CC(C)(C)OC(=O)NCC(O)CNC1CC1. The molecule has 1 saturated carbocycles. The number of rotatable bonds is 5. The Morgan fingerprint density at radius 3 is 2.56 bits per heavy atom. The van der Waals surface area contributed by atoms with Crippen molar-refractivity contribution >= 4 is 6.09 Å². The number of amides is 1. The normalized spacial score (nSPS) is 18.0. The number of ether oxygens (including phenoxy) is 1. The van der Waals surface area contributed by atoms with Gasteiger partial charge in [0.2, 0.25) is 0 Å². The van der Waals surface area contributed by atoms with Crippen LogP contribution in [0.1, 0.15) is 33.6 Å². The van der Waals surface area contributed by atoms with Crippen molar-refractivity contribution in [2.45, 2.75) is 51.4 Å². The third-order valence-corrected chi connectivity index (χ3v) is 2.10. The Balaban J connectivity index is 2.05. The minimum absolute atomic E-state index is 0.217. The molecule has 0 aromatic carbocycles. The lowest BCUT2D eigenvalue weighted by Crippen LogP contribution is -2.40. The summed E-state index contributed by atoms with van der Waals surface area (Å²) in [6, 6.07) is 0.566. The Hall–Kier alpha value is -0.810. The van der Waals surface area contributed by atoms with Gasteiger partial charge in [-0.2, -0.15) is 0 Å². The molecule has 0 radical (unpaired) electrons. The number of carbonyl (C=O) groups is 1. The minimum Gasteiger partial charge on any atom is -0.444 e. The zero-order valence-electron chi connectivity index (χ0n) is 10.2. The molecule has 0 aromatic heterocycles. The second-order valence-electron chi connectivity index (χ2n) is 5.22. The Morgan fingerprint density at radius 1 is 1.44 bits per heavy atom. The van der Waals surface area contributed by atoms with Gasteiger partial charge in [0.05, 0.1) is 6.10 Å². The van der Waals surface area contributed by atoms with Crippen molar-refractivity contribution < 1.29 is 14.6 Å². The molecule has 0 bridgehead atoms. The summed E-state index contributed by atoms with van der Waals surface area (Å²) in [5.74, 6) is 0. The molecular weight excluding hydrogens is 208 g/mol. The highest BCUT2D eigenvalue weighted by atomic mass is 16.6. The highest BCUT2D eigenvalue weighted by molar-refractivity contribution is 5.67. The summed E-state index contributed by atoms with van der Waals surface area (Å²) in [5, 5.41) is 15.3. The van der Waals surface area contributed by atoms with Gasteiger partial charge < -0.3 is 20.5 Å². The quantitative estimate of drug-likeness (QED) is 0.647. The standard InChI is InChI=1S/C11H22N2O3/c1-11(2,3)16-10(15)13-7-9(14)6-12-8-4-5-8/h8-9,12,14H,4-7H2,1-3H3,(H,13,15). The summed E-state index contributed by atoms with van der Waals surface area (Å²) < 4.78 is 5.04. The zero-order valence-corrected chi connectivity index (χ0v) is 10.2. The number of carbonyl (C=O) groups excluding carboxylic acids is 1. The molecule has 5 heteroatoms. The lowest BCUT2D eigenvalue weighted by atomic mass is 10.2. The third kappa shape index (κ3) is 6.63. The first-order valence-corrected chi connectivity index (χ1v) is 5.75. The van der Waals surface area contributed by atoms with Crippen LogP contribution in [0, 0.1) is 0 Å². The number of alkyl carbamates (subject to hydrolysis) is 1. The Kier molecular flexibility index (Phi) is 4.56. The lowest BCUT2D eigenvalue weighted by Gasteiger charge is -2.20. The minimum atomic E-state index is -0.562. The van der Waals surface area contributed by atoms with E-state index in [9.17, 15) is 9.90 Å². The Bertz CT molecular complexity index is 234. The van der Waals surface area contributed by atoms with Gasteiger partial charge in [0.1, 0.15) is 5.60 Å². The lowest BCUT2D eigenvalue weighted by molar-refractivity contribution is 0.0492. The highest BCUT2D eigenvalue weighted by Gasteiger charge is 2.21. The second kappa shape index (κ2) is 5.50. The van der Waals surface area contributed by atoms with Crippen molar-refractivity contribution in [3.63, 3.8) is 0 Å². The van der Waals surface area contributed by atoms with E-state index in [4.69, 9.17) is 4.74 Å². The predicted molar refractivity (Wildman–Crippen MR) is 61.3 cm³/mol. The van der Waals surface area contributed by atoms with Crippen molar-refractivity contribution in [3.05, 3.63) is 0 Å². The largest absolute Gasteiger partial charge is 0.444 e. The smallest absolute Gasteiger partial charge is 0.407 e. The molecule has 1 rings (SSSR count). The van der Waals surface area contributed by atoms with Gasteiger partial charge in [0.15, 0.2) is 0 Å². The van der Waals surface area contributed by atoms with E-state index < -0.39 is 17.8 Å². The number of hydrogen-bond acceptors (Lipinski definition) is 4. The number of aliphatic hydroxyl groups excluding tert-OH is 1. The van der Waals surface area contributed by atoms with Crippen LogP contribution in [0.2, 0.25) is 0 Å². The molecule has 94 valence electrons. The topological polar surface area (TPSA) is 70.6 Å². The monoisotopic (exact) mass is 230 g/mol. The Morgan fingerprint density at radius 2 is 2.06 bits per heavy atom. The van der Waals surface area contributed by atoms with Crippen molar-refractivity contribution in [2.24, 2.45) is 0 Å². The second-order valence-corrected chi connectivity index (χ2v) is 5.22. The van der Waals surface area contributed by atoms with Crippen LogP contribution in [0.25, 0.3) is 0 Å². The molecule has 5 nitrogen and oxygen atoms in total. The van der Waals surface area contributed by atoms with E-state index in [0.29, 0.717) is 12.6 Å². The molecule has 0 heterocycles. The first kappa shape index (κ1) is 13.3. The van der Waals surface area contributed by atoms with Crippen LogP contribution < -0.4 is 10.6 Å². The van der Waals surface area contributed by atoms with Crippen molar-refractivity contribution in [1.29, 1.82) is 0 Å². The van der Waals surface area contributed by atoms with Gasteiger partial charge in [-0.3, -0.25) is 0 Å². The van der Waals surface area contributed by atoms with E-state index in [1.807, 2.05) is 0 Å². The maximum Gasteiger partial charge on any atom is 0.407 e. The van der Waals surface area contributed by atoms with Crippen molar-refractivity contribution in [2.75, 3.05) is 13.1 Å². The van der Waals surface area contributed by atoms with E-state index in [-0.39, 0.29) is 6.54 Å². The zero-order chi connectivity index (χ0) is 12.2. The molecular formula is C11H22N2O3. The molecule has 1 aliphatic carbocycles. The predicted octanol–water partition coefficient (Wildman–Crippen LogP) is 0.624. The Labute approximate surface area is 96.6 Å². The molecule has 1 fully saturated rings. The number of aliphatic hydroxyl groups is 1. The van der Waals surface area contributed by atoms with Crippen molar-refractivity contribution in [3.8, 4) is 0 Å². The first-order chi connectivity index (χ1) is 7.37. The van der Waals surface area contributed by atoms with Gasteiger partial charge in [0.25, 0.3) is 0 Å². The molecule has 3 N–H and O–H groups in total. The van der Waals surface area contributed by atoms with Crippen LogP contribution >= 0.6 is 0 Å². The third-order valence-electron chi connectivity index (χ3n) is 2.10.